The van der Waals surface area contributed by atoms with E-state index in [2.05, 4.69) is 6.92 Å². The summed E-state index contributed by atoms with van der Waals surface area (Å²) in [5.41, 5.74) is 0. The maximum absolute atomic E-state index is 14.7. The van der Waals surface area contributed by atoms with Gasteiger partial charge < -0.3 is 0 Å². The molecule has 23 heavy (non-hydrogen) atoms. The summed E-state index contributed by atoms with van der Waals surface area (Å²) in [5, 5.41) is 0. The third-order valence-electron chi connectivity index (χ3n) is 6.90. The van der Waals surface area contributed by atoms with Crippen molar-refractivity contribution in [2.75, 3.05) is 0 Å². The molecule has 0 nitrogen and oxygen atoms in total. The van der Waals surface area contributed by atoms with Crippen molar-refractivity contribution in [3.63, 3.8) is 0 Å². The zero-order valence-corrected chi connectivity index (χ0v) is 14.1. The van der Waals surface area contributed by atoms with Crippen LogP contribution in [-0.2, 0) is 0 Å². The molecule has 3 saturated carbocycles. The normalized spacial score (nSPS) is 52.3. The van der Waals surface area contributed by atoms with E-state index in [1.165, 1.54) is 12.8 Å². The summed E-state index contributed by atoms with van der Waals surface area (Å²) in [7, 11) is 0. The Morgan fingerprint density at radius 1 is 0.522 bits per heavy atom. The quantitative estimate of drug-likeness (QED) is 0.544. The smallest absolute Gasteiger partial charge is 0.131 e. The first-order valence-electron chi connectivity index (χ1n) is 9.52. The first-order chi connectivity index (χ1) is 11.0. The number of rotatable bonds is 2. The number of hydrogen-bond acceptors (Lipinski definition) is 0. The van der Waals surface area contributed by atoms with Crippen molar-refractivity contribution in [2.24, 2.45) is 29.6 Å². The standard InChI is InChI=1S/C19H30F4/c1-11-2-4-12(5-3-11)14-9-17(22)19(18(23)10-14)13-6-7-15(20)16(21)8-13/h11-19H,2-10H2,1H3. The molecule has 3 rings (SSSR count). The molecular formula is C19H30F4. The van der Waals surface area contributed by atoms with Crippen LogP contribution in [0.3, 0.4) is 0 Å². The number of halogens is 4. The molecule has 5 unspecified atom stereocenters. The Hall–Kier alpha value is -0.280. The lowest BCUT2D eigenvalue weighted by Gasteiger charge is -2.44. The Bertz CT molecular complexity index is 368. The third-order valence-corrected chi connectivity index (χ3v) is 6.90. The van der Waals surface area contributed by atoms with Gasteiger partial charge in [0.2, 0.25) is 0 Å². The van der Waals surface area contributed by atoms with Gasteiger partial charge in [0.25, 0.3) is 0 Å². The molecular weight excluding hydrogens is 304 g/mol. The molecule has 0 aliphatic heterocycles. The molecule has 0 heterocycles. The van der Waals surface area contributed by atoms with Crippen LogP contribution in [0.25, 0.3) is 0 Å². The maximum Gasteiger partial charge on any atom is 0.131 e. The SMILES string of the molecule is CC1CCC(C2CC(F)C(C3CCC(F)C(F)C3)C(F)C2)CC1. The van der Waals surface area contributed by atoms with Gasteiger partial charge in [-0.15, -0.1) is 0 Å². The molecule has 0 aromatic rings. The topological polar surface area (TPSA) is 0 Å². The van der Waals surface area contributed by atoms with Crippen LogP contribution in [0.15, 0.2) is 0 Å². The minimum atomic E-state index is -1.54. The van der Waals surface area contributed by atoms with E-state index in [-0.39, 0.29) is 24.7 Å². The van der Waals surface area contributed by atoms with Crippen molar-refractivity contribution in [3.8, 4) is 0 Å². The average molecular weight is 334 g/mol. The second kappa shape index (κ2) is 7.31. The number of hydrogen-bond donors (Lipinski definition) is 0. The van der Waals surface area contributed by atoms with Gasteiger partial charge in [-0.25, -0.2) is 17.6 Å². The summed E-state index contributed by atoms with van der Waals surface area (Å²) in [6, 6.07) is 0. The maximum atomic E-state index is 14.7. The Morgan fingerprint density at radius 3 is 1.61 bits per heavy atom. The van der Waals surface area contributed by atoms with Crippen LogP contribution in [-0.4, -0.2) is 24.7 Å². The monoisotopic (exact) mass is 334 g/mol. The Morgan fingerprint density at radius 2 is 1.04 bits per heavy atom. The van der Waals surface area contributed by atoms with Crippen LogP contribution in [0.1, 0.15) is 64.7 Å². The van der Waals surface area contributed by atoms with Gasteiger partial charge in [0, 0.05) is 5.92 Å². The van der Waals surface area contributed by atoms with Crippen LogP contribution >= 0.6 is 0 Å². The van der Waals surface area contributed by atoms with Crippen molar-refractivity contribution >= 4 is 0 Å². The minimum Gasteiger partial charge on any atom is -0.247 e. The zero-order chi connectivity index (χ0) is 16.6. The second-order valence-electron chi connectivity index (χ2n) is 8.47. The molecule has 0 aromatic heterocycles. The van der Waals surface area contributed by atoms with E-state index in [4.69, 9.17) is 0 Å². The Labute approximate surface area is 137 Å². The fourth-order valence-electron chi connectivity index (χ4n) is 5.41. The highest BCUT2D eigenvalue weighted by atomic mass is 19.2. The lowest BCUT2D eigenvalue weighted by atomic mass is 9.64. The molecule has 4 heteroatoms. The van der Waals surface area contributed by atoms with Gasteiger partial charge in [-0.3, -0.25) is 0 Å². The zero-order valence-electron chi connectivity index (χ0n) is 14.1. The molecule has 0 bridgehead atoms. The molecule has 134 valence electrons. The van der Waals surface area contributed by atoms with E-state index in [1.54, 1.807) is 0 Å². The molecule has 3 aliphatic carbocycles. The van der Waals surface area contributed by atoms with Gasteiger partial charge in [0.1, 0.15) is 24.7 Å². The fraction of sp³-hybridized carbons (Fsp3) is 1.00. The summed E-state index contributed by atoms with van der Waals surface area (Å²) in [5.74, 6) is 0.303. The molecule has 5 atom stereocenters. The largest absolute Gasteiger partial charge is 0.247 e. The van der Waals surface area contributed by atoms with E-state index >= 15 is 0 Å². The Kier molecular flexibility index (Phi) is 5.57. The van der Waals surface area contributed by atoms with Gasteiger partial charge >= 0.3 is 0 Å². The first kappa shape index (κ1) is 17.5. The van der Waals surface area contributed by atoms with Crippen molar-refractivity contribution in [2.45, 2.75) is 89.4 Å². The van der Waals surface area contributed by atoms with Gasteiger partial charge in [0.05, 0.1) is 0 Å². The highest BCUT2D eigenvalue weighted by molar-refractivity contribution is 4.95. The van der Waals surface area contributed by atoms with Crippen LogP contribution in [0, 0.1) is 29.6 Å². The van der Waals surface area contributed by atoms with Gasteiger partial charge in [-0.1, -0.05) is 19.8 Å². The number of alkyl halides is 4. The lowest BCUT2D eigenvalue weighted by molar-refractivity contribution is -0.0384. The lowest BCUT2D eigenvalue weighted by Crippen LogP contribution is -2.45. The van der Waals surface area contributed by atoms with E-state index in [0.717, 1.165) is 18.8 Å². The van der Waals surface area contributed by atoms with Crippen LogP contribution < -0.4 is 0 Å². The fourth-order valence-corrected chi connectivity index (χ4v) is 5.41. The predicted octanol–water partition coefficient (Wildman–Crippen LogP) is 5.99. The summed E-state index contributed by atoms with van der Waals surface area (Å²) in [6.07, 6.45) is 0.577. The first-order valence-corrected chi connectivity index (χ1v) is 9.52. The van der Waals surface area contributed by atoms with E-state index < -0.39 is 30.6 Å². The molecule has 0 N–H and O–H groups in total. The third kappa shape index (κ3) is 3.87. The van der Waals surface area contributed by atoms with Crippen LogP contribution in [0.4, 0.5) is 17.6 Å². The molecule has 0 amide bonds. The summed E-state index contributed by atoms with van der Waals surface area (Å²) >= 11 is 0. The van der Waals surface area contributed by atoms with Crippen molar-refractivity contribution < 1.29 is 17.6 Å². The van der Waals surface area contributed by atoms with Crippen molar-refractivity contribution in [3.05, 3.63) is 0 Å². The summed E-state index contributed by atoms with van der Waals surface area (Å²) in [4.78, 5) is 0. The van der Waals surface area contributed by atoms with E-state index in [0.29, 0.717) is 25.2 Å². The molecule has 0 radical (unpaired) electrons. The van der Waals surface area contributed by atoms with Gasteiger partial charge in [0.15, 0.2) is 0 Å². The van der Waals surface area contributed by atoms with Gasteiger partial charge in [-0.05, 0) is 68.6 Å². The Balaban J connectivity index is 1.59. The van der Waals surface area contributed by atoms with Gasteiger partial charge in [-0.2, -0.15) is 0 Å². The van der Waals surface area contributed by atoms with Crippen LogP contribution in [0.2, 0.25) is 0 Å². The molecule has 3 aliphatic rings. The predicted molar refractivity (Wildman–Crippen MR) is 84.3 cm³/mol. The average Bonchev–Trinajstić information content (AvgIpc) is 2.51. The van der Waals surface area contributed by atoms with E-state index in [1.807, 2.05) is 0 Å². The van der Waals surface area contributed by atoms with Crippen molar-refractivity contribution in [1.29, 1.82) is 0 Å². The minimum absolute atomic E-state index is 0.00170. The molecule has 0 spiro atoms. The molecule has 0 aromatic carbocycles. The molecule has 0 saturated heterocycles. The van der Waals surface area contributed by atoms with E-state index in [9.17, 15) is 17.6 Å². The summed E-state index contributed by atoms with van der Waals surface area (Å²) in [6.45, 7) is 2.25. The second-order valence-corrected chi connectivity index (χ2v) is 8.47. The molecule has 3 fully saturated rings. The van der Waals surface area contributed by atoms with Crippen molar-refractivity contribution in [1.82, 2.24) is 0 Å². The summed E-state index contributed by atoms with van der Waals surface area (Å²) < 4.78 is 56.4. The van der Waals surface area contributed by atoms with Crippen LogP contribution in [0.5, 0.6) is 0 Å². The highest BCUT2D eigenvalue weighted by Gasteiger charge is 2.47. The highest BCUT2D eigenvalue weighted by Crippen LogP contribution is 2.48.